The summed E-state index contributed by atoms with van der Waals surface area (Å²) in [6.07, 6.45) is -0.118. The van der Waals surface area contributed by atoms with Gasteiger partial charge < -0.3 is 10.0 Å². The molecule has 1 aliphatic heterocycles. The maximum absolute atomic E-state index is 13.0. The van der Waals surface area contributed by atoms with E-state index in [9.17, 15) is 18.3 Å². The standard InChI is InChI=1S/C25H28F3N5O/c1-16-29-11-8-23(30-16)33-12-9-17(10-13-33)14-22-31-20(15-21(32-22)24(2,3)34)18-4-6-19(7-5-18)25(26,27)28/h4-8,11,15,17,34H,9-10,12-14H2,1-3H3. The summed E-state index contributed by atoms with van der Waals surface area (Å²) < 4.78 is 38.9. The highest BCUT2D eigenvalue weighted by Gasteiger charge is 2.30. The number of benzene rings is 1. The Bertz CT molecular complexity index is 1130. The molecule has 1 saturated heterocycles. The lowest BCUT2D eigenvalue weighted by Crippen LogP contribution is -2.35. The SMILES string of the molecule is Cc1nccc(N2CCC(Cc3nc(-c4ccc(C(F)(F)F)cc4)cc(C(C)(C)O)n3)CC2)n1. The van der Waals surface area contributed by atoms with E-state index in [0.717, 1.165) is 49.7 Å². The molecule has 1 aromatic carbocycles. The predicted octanol–water partition coefficient (Wildman–Crippen LogP) is 4.95. The molecule has 1 N–H and O–H groups in total. The zero-order valence-electron chi connectivity index (χ0n) is 19.5. The largest absolute Gasteiger partial charge is 0.416 e. The number of alkyl halides is 3. The van der Waals surface area contributed by atoms with Crippen molar-refractivity contribution >= 4 is 5.82 Å². The van der Waals surface area contributed by atoms with E-state index in [1.165, 1.54) is 12.1 Å². The summed E-state index contributed by atoms with van der Waals surface area (Å²) in [5.74, 6) is 2.62. The van der Waals surface area contributed by atoms with E-state index in [4.69, 9.17) is 0 Å². The van der Waals surface area contributed by atoms with Gasteiger partial charge in [0.05, 0.1) is 17.0 Å². The van der Waals surface area contributed by atoms with Crippen molar-refractivity contribution in [3.63, 3.8) is 0 Å². The molecular formula is C25H28F3N5O. The van der Waals surface area contributed by atoms with Gasteiger partial charge in [-0.25, -0.2) is 19.9 Å². The summed E-state index contributed by atoms with van der Waals surface area (Å²) in [5.41, 5.74) is -0.409. The lowest BCUT2D eigenvalue weighted by molar-refractivity contribution is -0.137. The van der Waals surface area contributed by atoms with Crippen molar-refractivity contribution < 1.29 is 18.3 Å². The summed E-state index contributed by atoms with van der Waals surface area (Å²) >= 11 is 0. The van der Waals surface area contributed by atoms with Crippen molar-refractivity contribution in [2.45, 2.75) is 51.8 Å². The molecule has 2 aromatic heterocycles. The fourth-order valence-electron chi connectivity index (χ4n) is 4.12. The van der Waals surface area contributed by atoms with E-state index in [-0.39, 0.29) is 0 Å². The zero-order chi connectivity index (χ0) is 24.5. The first-order valence-electron chi connectivity index (χ1n) is 11.3. The topological polar surface area (TPSA) is 75.0 Å². The average molecular weight is 472 g/mol. The lowest BCUT2D eigenvalue weighted by Gasteiger charge is -2.32. The van der Waals surface area contributed by atoms with Crippen LogP contribution in [0.3, 0.4) is 0 Å². The Balaban J connectivity index is 1.53. The third-order valence-electron chi connectivity index (χ3n) is 6.08. The van der Waals surface area contributed by atoms with Crippen LogP contribution in [0.25, 0.3) is 11.3 Å². The van der Waals surface area contributed by atoms with Crippen molar-refractivity contribution in [3.8, 4) is 11.3 Å². The monoisotopic (exact) mass is 471 g/mol. The molecule has 0 aliphatic carbocycles. The number of aromatic nitrogens is 4. The number of nitrogens with zero attached hydrogens (tertiary/aromatic N) is 5. The van der Waals surface area contributed by atoms with Crippen LogP contribution in [0.15, 0.2) is 42.6 Å². The molecule has 0 saturated carbocycles. The normalized spacial score (nSPS) is 15.6. The zero-order valence-corrected chi connectivity index (χ0v) is 19.5. The van der Waals surface area contributed by atoms with Crippen molar-refractivity contribution in [2.24, 2.45) is 5.92 Å². The summed E-state index contributed by atoms with van der Waals surface area (Å²) in [6.45, 7) is 6.86. The van der Waals surface area contributed by atoms with E-state index >= 15 is 0 Å². The van der Waals surface area contributed by atoms with Gasteiger partial charge in [-0.2, -0.15) is 13.2 Å². The molecule has 9 heteroatoms. The second-order valence-corrected chi connectivity index (χ2v) is 9.29. The minimum atomic E-state index is -4.40. The number of anilines is 1. The molecule has 0 bridgehead atoms. The molecule has 0 atom stereocenters. The molecule has 3 heterocycles. The molecule has 6 nitrogen and oxygen atoms in total. The third kappa shape index (κ3) is 5.70. The summed E-state index contributed by atoms with van der Waals surface area (Å²) in [6, 6.07) is 8.47. The van der Waals surface area contributed by atoms with Gasteiger partial charge in [0.1, 0.15) is 23.1 Å². The van der Waals surface area contributed by atoms with Gasteiger partial charge in [-0.3, -0.25) is 0 Å². The van der Waals surface area contributed by atoms with Crippen LogP contribution >= 0.6 is 0 Å². The van der Waals surface area contributed by atoms with E-state index in [2.05, 4.69) is 24.8 Å². The summed E-state index contributed by atoms with van der Waals surface area (Å²) in [7, 11) is 0. The van der Waals surface area contributed by atoms with Crippen molar-refractivity contribution in [2.75, 3.05) is 18.0 Å². The van der Waals surface area contributed by atoms with E-state index in [1.54, 1.807) is 26.1 Å². The van der Waals surface area contributed by atoms with Gasteiger partial charge in [-0.05, 0) is 63.8 Å². The molecule has 180 valence electrons. The van der Waals surface area contributed by atoms with Crippen LogP contribution in [-0.2, 0) is 18.2 Å². The van der Waals surface area contributed by atoms with E-state index in [0.29, 0.717) is 35.1 Å². The Morgan fingerprint density at radius 2 is 1.68 bits per heavy atom. The van der Waals surface area contributed by atoms with Gasteiger partial charge in [0.25, 0.3) is 0 Å². The smallest absolute Gasteiger partial charge is 0.384 e. The first-order valence-corrected chi connectivity index (χ1v) is 11.3. The summed E-state index contributed by atoms with van der Waals surface area (Å²) in [4.78, 5) is 20.1. The fraction of sp³-hybridized carbons (Fsp3) is 0.440. The number of hydrogen-bond donors (Lipinski definition) is 1. The highest BCUT2D eigenvalue weighted by atomic mass is 19.4. The second-order valence-electron chi connectivity index (χ2n) is 9.29. The average Bonchev–Trinajstić information content (AvgIpc) is 2.78. The van der Waals surface area contributed by atoms with Gasteiger partial charge in [-0.1, -0.05) is 12.1 Å². The number of piperidine rings is 1. The number of hydrogen-bond acceptors (Lipinski definition) is 6. The molecular weight excluding hydrogens is 443 g/mol. The predicted molar refractivity (Wildman–Crippen MR) is 123 cm³/mol. The number of rotatable bonds is 5. The quantitative estimate of drug-likeness (QED) is 0.568. The number of aliphatic hydroxyl groups is 1. The Morgan fingerprint density at radius 3 is 2.26 bits per heavy atom. The van der Waals surface area contributed by atoms with Crippen LogP contribution in [0.1, 0.15) is 49.6 Å². The van der Waals surface area contributed by atoms with Gasteiger partial charge in [0.15, 0.2) is 0 Å². The van der Waals surface area contributed by atoms with E-state index in [1.807, 2.05) is 13.0 Å². The maximum Gasteiger partial charge on any atom is 0.416 e. The van der Waals surface area contributed by atoms with Crippen LogP contribution in [0.4, 0.5) is 19.0 Å². The van der Waals surface area contributed by atoms with Gasteiger partial charge in [0.2, 0.25) is 0 Å². The molecule has 34 heavy (non-hydrogen) atoms. The Hall–Kier alpha value is -3.07. The molecule has 1 aliphatic rings. The van der Waals surface area contributed by atoms with Crippen LogP contribution < -0.4 is 4.90 Å². The van der Waals surface area contributed by atoms with Crippen LogP contribution in [0.5, 0.6) is 0 Å². The van der Waals surface area contributed by atoms with E-state index < -0.39 is 17.3 Å². The first kappa shape index (κ1) is 24.1. The van der Waals surface area contributed by atoms with Crippen molar-refractivity contribution in [1.29, 1.82) is 0 Å². The minimum Gasteiger partial charge on any atom is -0.384 e. The first-order chi connectivity index (χ1) is 16.0. The number of aryl methyl sites for hydroxylation is 1. The molecule has 1 fully saturated rings. The van der Waals surface area contributed by atoms with Crippen LogP contribution in [-0.4, -0.2) is 38.1 Å². The van der Waals surface area contributed by atoms with Gasteiger partial charge >= 0.3 is 6.18 Å². The van der Waals surface area contributed by atoms with Crippen LogP contribution in [0.2, 0.25) is 0 Å². The second kappa shape index (κ2) is 9.29. The van der Waals surface area contributed by atoms with Gasteiger partial charge in [-0.15, -0.1) is 0 Å². The summed E-state index contributed by atoms with van der Waals surface area (Å²) in [5, 5.41) is 10.6. The fourth-order valence-corrected chi connectivity index (χ4v) is 4.12. The highest BCUT2D eigenvalue weighted by molar-refractivity contribution is 5.60. The number of halogens is 3. The minimum absolute atomic E-state index is 0.358. The molecule has 3 aromatic rings. The molecule has 0 radical (unpaired) electrons. The lowest BCUT2D eigenvalue weighted by atomic mass is 9.92. The Labute approximate surface area is 196 Å². The highest BCUT2D eigenvalue weighted by Crippen LogP contribution is 2.32. The molecule has 0 spiro atoms. The molecule has 4 rings (SSSR count). The third-order valence-corrected chi connectivity index (χ3v) is 6.08. The van der Waals surface area contributed by atoms with Crippen LogP contribution in [0, 0.1) is 12.8 Å². The van der Waals surface area contributed by atoms with Gasteiger partial charge in [0, 0.05) is 31.3 Å². The Morgan fingerprint density at radius 1 is 1.00 bits per heavy atom. The Kier molecular flexibility index (Phi) is 6.58. The van der Waals surface area contributed by atoms with Crippen molar-refractivity contribution in [1.82, 2.24) is 19.9 Å². The molecule has 0 unspecified atom stereocenters. The van der Waals surface area contributed by atoms with Crippen molar-refractivity contribution in [3.05, 3.63) is 65.5 Å². The molecule has 0 amide bonds. The maximum atomic E-state index is 13.0.